The number of anilines is 2. The third-order valence-corrected chi connectivity index (χ3v) is 4.53. The second kappa shape index (κ2) is 7.30. The van der Waals surface area contributed by atoms with Crippen molar-refractivity contribution in [1.82, 2.24) is 9.55 Å². The van der Waals surface area contributed by atoms with Crippen LogP contribution in [0.15, 0.2) is 46.6 Å². The van der Waals surface area contributed by atoms with E-state index in [9.17, 15) is 19.5 Å². The Hall–Kier alpha value is -3.66. The Bertz CT molecular complexity index is 1070. The van der Waals surface area contributed by atoms with Gasteiger partial charge in [0.15, 0.2) is 11.5 Å². The van der Waals surface area contributed by atoms with Gasteiger partial charge in [-0.2, -0.15) is 0 Å². The number of nitrogens with zero attached hydrogens (tertiary/aromatic N) is 2. The van der Waals surface area contributed by atoms with Crippen molar-refractivity contribution in [3.05, 3.63) is 57.8 Å². The first kappa shape index (κ1) is 18.1. The van der Waals surface area contributed by atoms with Gasteiger partial charge in [-0.3, -0.25) is 9.36 Å². The number of benzene rings is 1. The van der Waals surface area contributed by atoms with E-state index >= 15 is 0 Å². The zero-order valence-corrected chi connectivity index (χ0v) is 14.8. The van der Waals surface area contributed by atoms with Crippen molar-refractivity contribution >= 4 is 34.7 Å². The monoisotopic (exact) mass is 386 g/mol. The lowest BCUT2D eigenvalue weighted by Gasteiger charge is -2.11. The fourth-order valence-corrected chi connectivity index (χ4v) is 3.20. The van der Waals surface area contributed by atoms with Crippen LogP contribution in [0.3, 0.4) is 0 Å². The molecule has 0 aliphatic heterocycles. The highest BCUT2D eigenvalue weighted by Crippen LogP contribution is 2.32. The molecule has 9 nitrogen and oxygen atoms in total. The van der Waals surface area contributed by atoms with Crippen LogP contribution in [0.25, 0.3) is 10.7 Å². The number of aromatic carboxylic acids is 1. The highest BCUT2D eigenvalue weighted by atomic mass is 32.1. The van der Waals surface area contributed by atoms with Gasteiger partial charge in [-0.1, -0.05) is 18.2 Å². The number of urea groups is 1. The van der Waals surface area contributed by atoms with Crippen LogP contribution in [0.1, 0.15) is 10.5 Å². The largest absolute Gasteiger partial charge is 0.501 e. The van der Waals surface area contributed by atoms with Crippen LogP contribution >= 0.6 is 11.3 Å². The van der Waals surface area contributed by atoms with Crippen LogP contribution < -0.4 is 16.2 Å². The van der Waals surface area contributed by atoms with Crippen molar-refractivity contribution < 1.29 is 19.8 Å². The Morgan fingerprint density at radius 1 is 1.15 bits per heavy atom. The van der Waals surface area contributed by atoms with E-state index in [-0.39, 0.29) is 5.82 Å². The number of carboxylic acid groups (broad SMARTS) is 1. The number of aromatic hydroxyl groups is 1. The van der Waals surface area contributed by atoms with Crippen molar-refractivity contribution in [2.24, 2.45) is 7.05 Å². The van der Waals surface area contributed by atoms with Crippen LogP contribution in [0.5, 0.6) is 5.75 Å². The van der Waals surface area contributed by atoms with Crippen LogP contribution in [-0.4, -0.2) is 31.8 Å². The summed E-state index contributed by atoms with van der Waals surface area (Å²) in [5.74, 6) is -2.46. The molecule has 1 aromatic carbocycles. The number of amides is 2. The highest BCUT2D eigenvalue weighted by Gasteiger charge is 2.22. The van der Waals surface area contributed by atoms with Crippen LogP contribution in [0.4, 0.5) is 16.2 Å². The van der Waals surface area contributed by atoms with E-state index in [1.165, 1.54) is 7.05 Å². The Balaban J connectivity index is 1.95. The maximum absolute atomic E-state index is 12.2. The fourth-order valence-electron chi connectivity index (χ4n) is 2.33. The molecule has 0 aliphatic rings. The molecule has 0 fully saturated rings. The number of hydrogen-bond acceptors (Lipinski definition) is 6. The molecular weight excluding hydrogens is 372 g/mol. The van der Waals surface area contributed by atoms with E-state index in [2.05, 4.69) is 15.6 Å². The molecule has 0 bridgehead atoms. The Kier molecular flexibility index (Phi) is 4.90. The summed E-state index contributed by atoms with van der Waals surface area (Å²) < 4.78 is 1.02. The second-order valence-corrected chi connectivity index (χ2v) is 6.33. The van der Waals surface area contributed by atoms with Gasteiger partial charge in [-0.15, -0.1) is 11.3 Å². The summed E-state index contributed by atoms with van der Waals surface area (Å²) in [6.45, 7) is 0. The minimum atomic E-state index is -1.53. The zero-order valence-electron chi connectivity index (χ0n) is 14.0. The molecule has 0 saturated heterocycles. The number of carbonyl (C=O) groups is 2. The lowest BCUT2D eigenvalue weighted by molar-refractivity contribution is 0.0686. The Morgan fingerprint density at radius 2 is 1.85 bits per heavy atom. The first-order valence-electron chi connectivity index (χ1n) is 7.62. The normalized spacial score (nSPS) is 10.4. The Labute approximate surface area is 156 Å². The van der Waals surface area contributed by atoms with Gasteiger partial charge in [0.25, 0.3) is 5.56 Å². The van der Waals surface area contributed by atoms with Gasteiger partial charge in [0.05, 0.1) is 10.6 Å². The topological polar surface area (TPSA) is 134 Å². The summed E-state index contributed by atoms with van der Waals surface area (Å²) in [6.07, 6.45) is 0. The molecule has 3 rings (SSSR count). The molecule has 0 spiro atoms. The predicted octanol–water partition coefficient (Wildman–Crippen LogP) is 2.56. The van der Waals surface area contributed by atoms with Gasteiger partial charge in [0, 0.05) is 12.7 Å². The average Bonchev–Trinajstić information content (AvgIpc) is 3.08. The molecule has 0 radical (unpaired) electrons. The number of aromatic nitrogens is 2. The SMILES string of the molecule is Cn1c(-c2sccc2NC(=O)Nc2ccccc2)nc(C(=O)O)c(O)c1=O. The molecule has 2 amide bonds. The molecular formula is C17H14N4O5S. The van der Waals surface area contributed by atoms with E-state index in [1.54, 1.807) is 35.7 Å². The molecule has 3 aromatic rings. The summed E-state index contributed by atoms with van der Waals surface area (Å²) in [4.78, 5) is 39.8. The Morgan fingerprint density at radius 3 is 2.52 bits per heavy atom. The smallest absolute Gasteiger partial charge is 0.358 e. The quantitative estimate of drug-likeness (QED) is 0.544. The van der Waals surface area contributed by atoms with E-state index < -0.39 is 29.0 Å². The summed E-state index contributed by atoms with van der Waals surface area (Å²) in [6, 6.07) is 9.89. The van der Waals surface area contributed by atoms with Gasteiger partial charge < -0.3 is 20.8 Å². The molecule has 138 valence electrons. The number of carboxylic acids is 1. The van der Waals surface area contributed by atoms with Gasteiger partial charge in [0.1, 0.15) is 0 Å². The molecule has 0 aliphatic carbocycles. The maximum Gasteiger partial charge on any atom is 0.358 e. The van der Waals surface area contributed by atoms with Crippen LogP contribution in [0.2, 0.25) is 0 Å². The van der Waals surface area contributed by atoms with Crippen molar-refractivity contribution in [3.8, 4) is 16.5 Å². The number of hydrogen-bond donors (Lipinski definition) is 4. The lowest BCUT2D eigenvalue weighted by atomic mass is 10.3. The summed E-state index contributed by atoms with van der Waals surface area (Å²) >= 11 is 1.16. The lowest BCUT2D eigenvalue weighted by Crippen LogP contribution is -2.24. The molecule has 0 atom stereocenters. The minimum absolute atomic E-state index is 0.0141. The fraction of sp³-hybridized carbons (Fsp3) is 0.0588. The van der Waals surface area contributed by atoms with Crippen molar-refractivity contribution in [2.45, 2.75) is 0 Å². The number of para-hydroxylation sites is 1. The van der Waals surface area contributed by atoms with Crippen LogP contribution in [-0.2, 0) is 7.05 Å². The van der Waals surface area contributed by atoms with E-state index in [0.717, 1.165) is 15.9 Å². The van der Waals surface area contributed by atoms with E-state index in [4.69, 9.17) is 5.11 Å². The third kappa shape index (κ3) is 3.65. The molecule has 0 unspecified atom stereocenters. The summed E-state index contributed by atoms with van der Waals surface area (Å²) in [5.41, 5.74) is -0.709. The predicted molar refractivity (Wildman–Crippen MR) is 100 cm³/mol. The van der Waals surface area contributed by atoms with Gasteiger partial charge in [-0.05, 0) is 23.6 Å². The van der Waals surface area contributed by atoms with Crippen molar-refractivity contribution in [1.29, 1.82) is 0 Å². The highest BCUT2D eigenvalue weighted by molar-refractivity contribution is 7.14. The van der Waals surface area contributed by atoms with E-state index in [0.29, 0.717) is 16.3 Å². The number of thiophene rings is 1. The minimum Gasteiger partial charge on any atom is -0.501 e. The molecule has 0 saturated carbocycles. The first-order valence-corrected chi connectivity index (χ1v) is 8.50. The maximum atomic E-state index is 12.2. The standard InChI is InChI=1S/C17H14N4O5S/c1-21-14(20-11(16(24)25)12(22)15(21)23)13-10(7-8-27-13)19-17(26)18-9-5-3-2-4-6-9/h2-8,22H,1H3,(H,24,25)(H2,18,19,26). The van der Waals surface area contributed by atoms with Crippen LogP contribution in [0, 0.1) is 0 Å². The molecule has 2 heterocycles. The van der Waals surface area contributed by atoms with E-state index in [1.807, 2.05) is 6.07 Å². The first-order chi connectivity index (χ1) is 12.9. The molecule has 27 heavy (non-hydrogen) atoms. The zero-order chi connectivity index (χ0) is 19.6. The second-order valence-electron chi connectivity index (χ2n) is 5.41. The summed E-state index contributed by atoms with van der Waals surface area (Å²) in [7, 11) is 1.35. The number of carbonyl (C=O) groups excluding carboxylic acids is 1. The van der Waals surface area contributed by atoms with Gasteiger partial charge in [0.2, 0.25) is 5.75 Å². The molecule has 10 heteroatoms. The van der Waals surface area contributed by atoms with Gasteiger partial charge in [-0.25, -0.2) is 14.6 Å². The third-order valence-electron chi connectivity index (χ3n) is 3.62. The summed E-state index contributed by atoms with van der Waals surface area (Å²) in [5, 5.41) is 25.8. The number of rotatable bonds is 4. The number of nitrogens with one attached hydrogen (secondary N) is 2. The van der Waals surface area contributed by atoms with Crippen molar-refractivity contribution in [2.75, 3.05) is 10.6 Å². The molecule has 4 N–H and O–H groups in total. The average molecular weight is 386 g/mol. The van der Waals surface area contributed by atoms with Gasteiger partial charge >= 0.3 is 12.0 Å². The van der Waals surface area contributed by atoms with Crippen molar-refractivity contribution in [3.63, 3.8) is 0 Å². The molecule has 2 aromatic heterocycles.